The summed E-state index contributed by atoms with van der Waals surface area (Å²) in [5.41, 5.74) is 7.86. The van der Waals surface area contributed by atoms with Gasteiger partial charge in [0.15, 0.2) is 0 Å². The number of nitrogens with two attached hydrogens (primary N) is 1. The molecule has 1 aliphatic heterocycles. The van der Waals surface area contributed by atoms with Gasteiger partial charge in [0.2, 0.25) is 0 Å². The summed E-state index contributed by atoms with van der Waals surface area (Å²) in [6.45, 7) is 3.72. The molecule has 1 aromatic rings. The van der Waals surface area contributed by atoms with Crippen molar-refractivity contribution in [3.8, 4) is 5.75 Å². The lowest BCUT2D eigenvalue weighted by Gasteiger charge is -2.52. The second-order valence-electron chi connectivity index (χ2n) is 7.90. The van der Waals surface area contributed by atoms with E-state index in [9.17, 15) is 5.11 Å². The number of phenols is 1. The molecule has 2 aliphatic carbocycles. The first-order valence-electron chi connectivity index (χ1n) is 8.93. The zero-order valence-corrected chi connectivity index (χ0v) is 13.4. The summed E-state index contributed by atoms with van der Waals surface area (Å²) in [5, 5.41) is 9.93. The molecule has 120 valence electrons. The first-order valence-corrected chi connectivity index (χ1v) is 8.93. The van der Waals surface area contributed by atoms with Crippen LogP contribution in [0, 0.1) is 11.8 Å². The molecule has 22 heavy (non-hydrogen) atoms. The van der Waals surface area contributed by atoms with E-state index in [1.807, 2.05) is 12.1 Å². The Morgan fingerprint density at radius 3 is 2.86 bits per heavy atom. The van der Waals surface area contributed by atoms with Crippen LogP contribution in [0.1, 0.15) is 44.1 Å². The third-order valence-electron chi connectivity index (χ3n) is 6.28. The van der Waals surface area contributed by atoms with Crippen molar-refractivity contribution in [3.05, 3.63) is 29.8 Å². The minimum absolute atomic E-state index is 0.191. The molecule has 3 N–H and O–H groups in total. The van der Waals surface area contributed by atoms with Crippen LogP contribution in [0.25, 0.3) is 0 Å². The molecule has 3 atom stereocenters. The zero-order valence-electron chi connectivity index (χ0n) is 13.4. The van der Waals surface area contributed by atoms with Crippen molar-refractivity contribution >= 4 is 0 Å². The number of likely N-dealkylation sites (tertiary alicyclic amines) is 1. The molecule has 3 fully saturated rings. The lowest BCUT2D eigenvalue weighted by molar-refractivity contribution is 0.0470. The third kappa shape index (κ3) is 2.65. The fraction of sp³-hybridized carbons (Fsp3) is 0.684. The molecule has 0 bridgehead atoms. The number of benzene rings is 1. The molecule has 3 heteroatoms. The van der Waals surface area contributed by atoms with Gasteiger partial charge in [-0.2, -0.15) is 0 Å². The molecule has 0 aromatic heterocycles. The Kier molecular flexibility index (Phi) is 3.66. The van der Waals surface area contributed by atoms with Crippen molar-refractivity contribution in [2.24, 2.45) is 17.6 Å². The van der Waals surface area contributed by atoms with Crippen molar-refractivity contribution in [3.63, 3.8) is 0 Å². The first-order chi connectivity index (χ1) is 10.7. The monoisotopic (exact) mass is 300 g/mol. The normalized spacial score (nSPS) is 36.0. The van der Waals surface area contributed by atoms with Crippen LogP contribution in [-0.2, 0) is 5.41 Å². The maximum atomic E-state index is 9.93. The van der Waals surface area contributed by atoms with Crippen molar-refractivity contribution in [2.75, 3.05) is 19.6 Å². The van der Waals surface area contributed by atoms with Gasteiger partial charge in [-0.05, 0) is 74.6 Å². The van der Waals surface area contributed by atoms with E-state index in [-0.39, 0.29) is 5.41 Å². The van der Waals surface area contributed by atoms with Gasteiger partial charge in [0.05, 0.1) is 0 Å². The molecule has 2 saturated carbocycles. The Morgan fingerprint density at radius 2 is 2.09 bits per heavy atom. The summed E-state index contributed by atoms with van der Waals surface area (Å²) in [6, 6.07) is 8.28. The van der Waals surface area contributed by atoms with Gasteiger partial charge in [-0.25, -0.2) is 0 Å². The van der Waals surface area contributed by atoms with Gasteiger partial charge in [0, 0.05) is 24.5 Å². The van der Waals surface area contributed by atoms with E-state index in [0.717, 1.165) is 18.8 Å². The number of fused-ring (bicyclic) bond motifs is 1. The predicted octanol–water partition coefficient (Wildman–Crippen LogP) is 2.87. The van der Waals surface area contributed by atoms with Gasteiger partial charge in [0.25, 0.3) is 0 Å². The largest absolute Gasteiger partial charge is 0.508 e. The van der Waals surface area contributed by atoms with Gasteiger partial charge in [0.1, 0.15) is 5.75 Å². The average molecular weight is 300 g/mol. The molecular weight excluding hydrogens is 272 g/mol. The van der Waals surface area contributed by atoms with E-state index in [2.05, 4.69) is 11.0 Å². The summed E-state index contributed by atoms with van der Waals surface area (Å²) in [7, 11) is 0. The highest BCUT2D eigenvalue weighted by Gasteiger charge is 2.47. The molecule has 3 nitrogen and oxygen atoms in total. The highest BCUT2D eigenvalue weighted by atomic mass is 16.3. The van der Waals surface area contributed by atoms with Crippen LogP contribution < -0.4 is 5.73 Å². The van der Waals surface area contributed by atoms with Gasteiger partial charge in [-0.1, -0.05) is 12.1 Å². The standard InChI is InChI=1S/C19H28N2O/c20-17-7-6-16-13-21(12-14-4-5-14)9-8-19(16,11-17)15-2-1-3-18(22)10-15/h1-3,10,14,16-17,22H,4-9,11-13,20H2/t16-,17+,19+/m1/s1. The smallest absolute Gasteiger partial charge is 0.115 e. The second-order valence-corrected chi connectivity index (χ2v) is 7.90. The summed E-state index contributed by atoms with van der Waals surface area (Å²) >= 11 is 0. The van der Waals surface area contributed by atoms with Crippen LogP contribution >= 0.6 is 0 Å². The molecule has 0 radical (unpaired) electrons. The summed E-state index contributed by atoms with van der Waals surface area (Å²) in [6.07, 6.45) is 7.54. The fourth-order valence-corrected chi connectivity index (χ4v) is 4.91. The average Bonchev–Trinajstić information content (AvgIpc) is 3.31. The highest BCUT2D eigenvalue weighted by Crippen LogP contribution is 2.49. The van der Waals surface area contributed by atoms with Gasteiger partial charge < -0.3 is 15.7 Å². The Balaban J connectivity index is 1.61. The minimum Gasteiger partial charge on any atom is -0.508 e. The quantitative estimate of drug-likeness (QED) is 0.902. The van der Waals surface area contributed by atoms with Crippen molar-refractivity contribution in [2.45, 2.75) is 50.0 Å². The molecule has 0 amide bonds. The van der Waals surface area contributed by atoms with Crippen molar-refractivity contribution in [1.82, 2.24) is 4.90 Å². The molecule has 1 aromatic carbocycles. The van der Waals surface area contributed by atoms with E-state index in [1.165, 1.54) is 50.9 Å². The maximum absolute atomic E-state index is 9.93. The minimum atomic E-state index is 0.191. The Bertz CT molecular complexity index is 542. The lowest BCUT2D eigenvalue weighted by atomic mass is 9.58. The molecular formula is C19H28N2O. The van der Waals surface area contributed by atoms with E-state index < -0.39 is 0 Å². The van der Waals surface area contributed by atoms with Crippen LogP contribution in [0.5, 0.6) is 5.75 Å². The van der Waals surface area contributed by atoms with E-state index >= 15 is 0 Å². The molecule has 0 unspecified atom stereocenters. The number of piperidine rings is 1. The van der Waals surface area contributed by atoms with Crippen LogP contribution in [-0.4, -0.2) is 35.7 Å². The molecule has 0 spiro atoms. The molecule has 4 rings (SSSR count). The zero-order chi connectivity index (χ0) is 15.2. The summed E-state index contributed by atoms with van der Waals surface area (Å²) < 4.78 is 0. The van der Waals surface area contributed by atoms with Crippen LogP contribution in [0.2, 0.25) is 0 Å². The summed E-state index contributed by atoms with van der Waals surface area (Å²) in [5.74, 6) is 2.06. The van der Waals surface area contributed by atoms with Gasteiger partial charge in [-0.3, -0.25) is 0 Å². The molecule has 1 saturated heterocycles. The molecule has 1 heterocycles. The first kappa shape index (κ1) is 14.5. The second kappa shape index (κ2) is 5.54. The van der Waals surface area contributed by atoms with Crippen molar-refractivity contribution in [1.29, 1.82) is 0 Å². The Hall–Kier alpha value is -1.06. The van der Waals surface area contributed by atoms with E-state index in [1.54, 1.807) is 6.07 Å². The third-order valence-corrected chi connectivity index (χ3v) is 6.28. The highest BCUT2D eigenvalue weighted by molar-refractivity contribution is 5.35. The number of aromatic hydroxyl groups is 1. The van der Waals surface area contributed by atoms with E-state index in [0.29, 0.717) is 17.7 Å². The number of nitrogens with zero attached hydrogens (tertiary/aromatic N) is 1. The van der Waals surface area contributed by atoms with Crippen molar-refractivity contribution < 1.29 is 5.11 Å². The Morgan fingerprint density at radius 1 is 1.23 bits per heavy atom. The maximum Gasteiger partial charge on any atom is 0.115 e. The predicted molar refractivity (Wildman–Crippen MR) is 88.9 cm³/mol. The number of rotatable bonds is 3. The fourth-order valence-electron chi connectivity index (χ4n) is 4.91. The molecule has 3 aliphatic rings. The van der Waals surface area contributed by atoms with Gasteiger partial charge in [-0.15, -0.1) is 0 Å². The lowest BCUT2D eigenvalue weighted by Crippen LogP contribution is -2.55. The van der Waals surface area contributed by atoms with Crippen LogP contribution in [0.15, 0.2) is 24.3 Å². The number of hydrogen-bond acceptors (Lipinski definition) is 3. The summed E-state index contributed by atoms with van der Waals surface area (Å²) in [4.78, 5) is 2.69. The topological polar surface area (TPSA) is 49.5 Å². The SMILES string of the molecule is N[C@H]1CC[C@@H]2CN(CC3CC3)CC[C@@]2(c2cccc(O)c2)C1. The van der Waals surface area contributed by atoms with Gasteiger partial charge >= 0.3 is 0 Å². The Labute approximate surface area is 133 Å². The number of phenolic OH excluding ortho intramolecular Hbond substituents is 1. The van der Waals surface area contributed by atoms with E-state index in [4.69, 9.17) is 5.73 Å². The number of hydrogen-bond donors (Lipinski definition) is 2. The van der Waals surface area contributed by atoms with Crippen LogP contribution in [0.4, 0.5) is 0 Å². The van der Waals surface area contributed by atoms with Crippen LogP contribution in [0.3, 0.4) is 0 Å².